The van der Waals surface area contributed by atoms with Gasteiger partial charge < -0.3 is 4.74 Å². The Kier molecular flexibility index (Phi) is 8.42. The Hall–Kier alpha value is -5.16. The van der Waals surface area contributed by atoms with Crippen LogP contribution in [0.25, 0.3) is 44.4 Å². The Balaban J connectivity index is 1.35. The molecule has 0 bridgehead atoms. The number of hydrogen-bond acceptors (Lipinski definition) is 3. The van der Waals surface area contributed by atoms with Gasteiger partial charge in [0.2, 0.25) is 0 Å². The number of fused-ring (bicyclic) bond motifs is 3. The quantitative estimate of drug-likeness (QED) is 0.171. The van der Waals surface area contributed by atoms with E-state index < -0.39 is 0 Å². The predicted octanol–water partition coefficient (Wildman–Crippen LogP) is 11.9. The first-order chi connectivity index (χ1) is 23.7. The highest BCUT2D eigenvalue weighted by molar-refractivity contribution is 6.09. The summed E-state index contributed by atoms with van der Waals surface area (Å²) >= 11 is 0. The van der Waals surface area contributed by atoms with Crippen LogP contribution in [0.5, 0.6) is 11.5 Å². The van der Waals surface area contributed by atoms with Crippen LogP contribution in [0.3, 0.4) is 0 Å². The molecule has 5 nitrogen and oxygen atoms in total. The van der Waals surface area contributed by atoms with E-state index in [1.165, 1.54) is 38.6 Å². The van der Waals surface area contributed by atoms with Gasteiger partial charge >= 0.3 is 0 Å². The van der Waals surface area contributed by atoms with Crippen LogP contribution in [0.1, 0.15) is 69.6 Å². The van der Waals surface area contributed by atoms with Gasteiger partial charge in [-0.1, -0.05) is 77.9 Å². The van der Waals surface area contributed by atoms with E-state index in [9.17, 15) is 0 Å². The van der Waals surface area contributed by atoms with Crippen molar-refractivity contribution >= 4 is 21.8 Å². The van der Waals surface area contributed by atoms with Crippen LogP contribution >= 0.6 is 0 Å². The topological polar surface area (TPSA) is 44.9 Å². The van der Waals surface area contributed by atoms with Crippen molar-refractivity contribution in [2.75, 3.05) is 0 Å². The minimum absolute atomic E-state index is 0.104. The first-order valence-corrected chi connectivity index (χ1v) is 17.7. The van der Waals surface area contributed by atoms with E-state index in [1.54, 1.807) is 0 Å². The fraction of sp³-hybridized carbons (Fsp3) is 0.289. The molecule has 50 heavy (non-hydrogen) atoms. The molecule has 0 radical (unpaired) electrons. The maximum absolute atomic E-state index is 6.79. The lowest BCUT2D eigenvalue weighted by molar-refractivity contribution is 0.409. The lowest BCUT2D eigenvalue weighted by Crippen LogP contribution is -2.10. The summed E-state index contributed by atoms with van der Waals surface area (Å²) in [6, 6.07) is 34.6. The van der Waals surface area contributed by atoms with E-state index in [0.717, 1.165) is 58.3 Å². The van der Waals surface area contributed by atoms with Crippen LogP contribution in [0, 0.1) is 31.6 Å². The summed E-state index contributed by atoms with van der Waals surface area (Å²) in [5.74, 6) is 2.47. The summed E-state index contributed by atoms with van der Waals surface area (Å²) in [6.45, 7) is 20.0. The molecule has 0 aliphatic rings. The second-order valence-electron chi connectivity index (χ2n) is 16.3. The number of benzene rings is 4. The van der Waals surface area contributed by atoms with E-state index in [1.807, 2.05) is 12.3 Å². The van der Waals surface area contributed by atoms with Crippen LogP contribution < -0.4 is 4.74 Å². The van der Waals surface area contributed by atoms with E-state index >= 15 is 0 Å². The van der Waals surface area contributed by atoms with Gasteiger partial charge in [-0.15, -0.1) is 0 Å². The molecule has 7 aromatic rings. The first kappa shape index (κ1) is 33.3. The fourth-order valence-corrected chi connectivity index (χ4v) is 7.31. The van der Waals surface area contributed by atoms with Gasteiger partial charge in [0.15, 0.2) is 0 Å². The van der Waals surface area contributed by atoms with Crippen molar-refractivity contribution in [1.82, 2.24) is 19.3 Å². The summed E-state index contributed by atoms with van der Waals surface area (Å²) in [4.78, 5) is 4.82. The van der Waals surface area contributed by atoms with Gasteiger partial charge in [-0.2, -0.15) is 5.10 Å². The molecule has 4 aromatic carbocycles. The third kappa shape index (κ3) is 6.82. The molecule has 0 amide bonds. The van der Waals surface area contributed by atoms with Crippen molar-refractivity contribution in [3.63, 3.8) is 0 Å². The third-order valence-electron chi connectivity index (χ3n) is 9.19. The number of ether oxygens (including phenoxy) is 1. The monoisotopic (exact) mass is 660 g/mol. The molecule has 3 heterocycles. The molecule has 0 fully saturated rings. The number of hydrogen-bond donors (Lipinski definition) is 0. The highest BCUT2D eigenvalue weighted by Crippen LogP contribution is 2.38. The van der Waals surface area contributed by atoms with Crippen LogP contribution in [0.2, 0.25) is 0 Å². The van der Waals surface area contributed by atoms with E-state index in [-0.39, 0.29) is 10.8 Å². The molecule has 5 heteroatoms. The Morgan fingerprint density at radius 3 is 2.10 bits per heavy atom. The molecule has 3 aromatic heterocycles. The van der Waals surface area contributed by atoms with Gasteiger partial charge in [-0.05, 0) is 115 Å². The molecule has 0 saturated heterocycles. The third-order valence-corrected chi connectivity index (χ3v) is 9.19. The van der Waals surface area contributed by atoms with Gasteiger partial charge in [0.1, 0.15) is 17.3 Å². The van der Waals surface area contributed by atoms with Gasteiger partial charge in [0, 0.05) is 40.4 Å². The van der Waals surface area contributed by atoms with Crippen molar-refractivity contribution in [3.05, 3.63) is 131 Å². The first-order valence-electron chi connectivity index (χ1n) is 17.7. The van der Waals surface area contributed by atoms with E-state index in [4.69, 9.17) is 14.8 Å². The number of pyridine rings is 1. The minimum Gasteiger partial charge on any atom is -0.457 e. The van der Waals surface area contributed by atoms with E-state index in [0.29, 0.717) is 0 Å². The average molecular weight is 661 g/mol. The van der Waals surface area contributed by atoms with Gasteiger partial charge in [-0.25, -0.2) is 9.67 Å². The fourth-order valence-electron chi connectivity index (χ4n) is 7.31. The second kappa shape index (κ2) is 12.6. The largest absolute Gasteiger partial charge is 0.457 e. The van der Waals surface area contributed by atoms with Gasteiger partial charge in [-0.3, -0.25) is 4.57 Å². The van der Waals surface area contributed by atoms with Crippen LogP contribution in [-0.2, 0) is 12.8 Å². The van der Waals surface area contributed by atoms with Gasteiger partial charge in [0.25, 0.3) is 0 Å². The lowest BCUT2D eigenvalue weighted by Gasteiger charge is -2.20. The molecule has 0 aliphatic carbocycles. The normalized spacial score (nSPS) is 12.3. The molecule has 0 saturated carbocycles. The van der Waals surface area contributed by atoms with E-state index in [2.05, 4.69) is 163 Å². The van der Waals surface area contributed by atoms with Gasteiger partial charge in [0.05, 0.1) is 22.4 Å². The van der Waals surface area contributed by atoms with Crippen molar-refractivity contribution in [2.24, 2.45) is 10.8 Å². The standard InChI is InChI=1S/C45H48N4O/c1-29-19-20-46-42(21-29)48-40-18-15-32(27-44(4,5)6)24-39(40)38-17-16-36(26-41(38)48)50-37-23-33(28-45(7,8)9)22-35(25-37)49-31(3)43(30(2)47-49)34-13-11-10-12-14-34/h10-26H,27-28H2,1-9H3. The van der Waals surface area contributed by atoms with Crippen molar-refractivity contribution in [2.45, 2.75) is 75.2 Å². The minimum atomic E-state index is 0.104. The SMILES string of the molecule is Cc1ccnc(-n2c3ccc(CC(C)(C)C)cc3c3ccc(Oc4cc(CC(C)(C)C)cc(-n5nc(C)c(-c6ccccc6)c5C)c4)cc32)c1. The molecule has 0 unspecified atom stereocenters. The molecule has 0 aliphatic heterocycles. The molecule has 7 rings (SSSR count). The Labute approximate surface area is 296 Å². The number of aryl methyl sites for hydroxylation is 2. The number of nitrogens with zero attached hydrogens (tertiary/aromatic N) is 4. The van der Waals surface area contributed by atoms with Crippen LogP contribution in [0.4, 0.5) is 0 Å². The molecule has 254 valence electrons. The van der Waals surface area contributed by atoms with Crippen LogP contribution in [-0.4, -0.2) is 19.3 Å². The summed E-state index contributed by atoms with van der Waals surface area (Å²) in [7, 11) is 0. The Bertz CT molecular complexity index is 2350. The van der Waals surface area contributed by atoms with Crippen molar-refractivity contribution in [1.29, 1.82) is 0 Å². The Morgan fingerprint density at radius 1 is 0.640 bits per heavy atom. The molecule has 0 atom stereocenters. The summed E-state index contributed by atoms with van der Waals surface area (Å²) < 4.78 is 11.1. The maximum Gasteiger partial charge on any atom is 0.137 e. The Morgan fingerprint density at radius 2 is 1.38 bits per heavy atom. The average Bonchev–Trinajstić information content (AvgIpc) is 3.52. The smallest absolute Gasteiger partial charge is 0.137 e. The number of rotatable bonds is 7. The highest BCUT2D eigenvalue weighted by Gasteiger charge is 2.20. The van der Waals surface area contributed by atoms with Crippen LogP contribution in [0.15, 0.2) is 103 Å². The van der Waals surface area contributed by atoms with Crippen molar-refractivity contribution in [3.8, 4) is 34.1 Å². The predicted molar refractivity (Wildman–Crippen MR) is 208 cm³/mol. The number of aromatic nitrogens is 4. The zero-order valence-corrected chi connectivity index (χ0v) is 30.9. The summed E-state index contributed by atoms with van der Waals surface area (Å²) in [5.41, 5.74) is 11.7. The highest BCUT2D eigenvalue weighted by atomic mass is 16.5. The zero-order valence-electron chi connectivity index (χ0n) is 30.9. The molecular formula is C45H48N4O. The molecule has 0 spiro atoms. The summed E-state index contributed by atoms with van der Waals surface area (Å²) in [6.07, 6.45) is 3.81. The van der Waals surface area contributed by atoms with Crippen molar-refractivity contribution < 1.29 is 4.74 Å². The maximum atomic E-state index is 6.79. The second-order valence-corrected chi connectivity index (χ2v) is 16.3. The summed E-state index contributed by atoms with van der Waals surface area (Å²) in [5, 5.41) is 7.45. The molecular weight excluding hydrogens is 613 g/mol. The lowest BCUT2D eigenvalue weighted by atomic mass is 9.88. The zero-order chi connectivity index (χ0) is 35.4. The molecule has 0 N–H and O–H groups in total.